The summed E-state index contributed by atoms with van der Waals surface area (Å²) in [6, 6.07) is 0. The van der Waals surface area contributed by atoms with Crippen LogP contribution in [0, 0.1) is 11.3 Å². The van der Waals surface area contributed by atoms with Gasteiger partial charge in [0.2, 0.25) is 0 Å². The number of nitrogens with one attached hydrogen (secondary N) is 2. The van der Waals surface area contributed by atoms with E-state index in [2.05, 4.69) is 10.6 Å². The lowest BCUT2D eigenvalue weighted by Crippen LogP contribution is -2.35. The molecule has 1 spiro atoms. The van der Waals surface area contributed by atoms with Crippen LogP contribution in [0.25, 0.3) is 0 Å². The minimum Gasteiger partial charge on any atom is -0.444 e. The Hall–Kier alpha value is -0.770. The molecule has 2 N–H and O–H groups in total. The van der Waals surface area contributed by atoms with Crippen molar-refractivity contribution in [3.63, 3.8) is 0 Å². The number of alkyl carbamates (subject to hydrolysis) is 1. The fraction of sp³-hybridized carbons (Fsp3) is 0.929. The van der Waals surface area contributed by atoms with Crippen LogP contribution >= 0.6 is 0 Å². The summed E-state index contributed by atoms with van der Waals surface area (Å²) in [6.45, 7) is 8.75. The zero-order valence-corrected chi connectivity index (χ0v) is 11.8. The molecule has 1 saturated carbocycles. The van der Waals surface area contributed by atoms with Gasteiger partial charge in [0, 0.05) is 13.1 Å². The first-order chi connectivity index (χ1) is 8.39. The molecule has 1 saturated heterocycles. The van der Waals surface area contributed by atoms with Gasteiger partial charge in [0.05, 0.1) is 0 Å². The Bertz CT molecular complexity index is 303. The Morgan fingerprint density at radius 1 is 1.44 bits per heavy atom. The minimum absolute atomic E-state index is 0.284. The summed E-state index contributed by atoms with van der Waals surface area (Å²) in [4.78, 5) is 11.6. The van der Waals surface area contributed by atoms with Crippen molar-refractivity contribution in [3.8, 4) is 0 Å². The van der Waals surface area contributed by atoms with Gasteiger partial charge in [-0.3, -0.25) is 0 Å². The number of ether oxygens (including phenoxy) is 1. The lowest BCUT2D eigenvalue weighted by molar-refractivity contribution is 0.0518. The van der Waals surface area contributed by atoms with Crippen molar-refractivity contribution in [2.45, 2.75) is 52.1 Å². The van der Waals surface area contributed by atoms with Crippen LogP contribution in [-0.2, 0) is 4.74 Å². The quantitative estimate of drug-likeness (QED) is 0.795. The van der Waals surface area contributed by atoms with Crippen molar-refractivity contribution >= 4 is 6.09 Å². The summed E-state index contributed by atoms with van der Waals surface area (Å²) in [5.41, 5.74) is 0.122. The van der Waals surface area contributed by atoms with Crippen molar-refractivity contribution in [2.75, 3.05) is 19.6 Å². The third-order valence-electron chi connectivity index (χ3n) is 4.07. The highest BCUT2D eigenvalue weighted by Gasteiger charge is 2.40. The molecule has 1 aliphatic heterocycles. The molecule has 1 aliphatic carbocycles. The summed E-state index contributed by atoms with van der Waals surface area (Å²) in [5, 5.41) is 6.37. The van der Waals surface area contributed by atoms with Crippen LogP contribution in [0.1, 0.15) is 46.5 Å². The fourth-order valence-corrected chi connectivity index (χ4v) is 3.23. The van der Waals surface area contributed by atoms with Crippen LogP contribution in [0.4, 0.5) is 4.79 Å². The van der Waals surface area contributed by atoms with E-state index in [9.17, 15) is 4.79 Å². The molecule has 2 atom stereocenters. The zero-order chi connectivity index (χ0) is 13.2. The summed E-state index contributed by atoms with van der Waals surface area (Å²) in [5.74, 6) is 0.623. The summed E-state index contributed by atoms with van der Waals surface area (Å²) in [6.07, 6.45) is 4.80. The second-order valence-corrected chi connectivity index (χ2v) is 6.92. The highest BCUT2D eigenvalue weighted by atomic mass is 16.6. The largest absolute Gasteiger partial charge is 0.444 e. The van der Waals surface area contributed by atoms with E-state index in [-0.39, 0.29) is 6.09 Å². The summed E-state index contributed by atoms with van der Waals surface area (Å²) < 4.78 is 5.25. The van der Waals surface area contributed by atoms with Crippen molar-refractivity contribution in [2.24, 2.45) is 11.3 Å². The first-order valence-electron chi connectivity index (χ1n) is 7.06. The molecule has 2 fully saturated rings. The van der Waals surface area contributed by atoms with Gasteiger partial charge in [0.15, 0.2) is 0 Å². The number of hydrogen-bond donors (Lipinski definition) is 2. The molecule has 0 aromatic carbocycles. The number of hydrogen-bond acceptors (Lipinski definition) is 3. The van der Waals surface area contributed by atoms with Crippen LogP contribution in [-0.4, -0.2) is 31.3 Å². The van der Waals surface area contributed by atoms with Crippen LogP contribution in [0.15, 0.2) is 0 Å². The maximum Gasteiger partial charge on any atom is 0.407 e. The molecular weight excluding hydrogens is 228 g/mol. The molecule has 2 unspecified atom stereocenters. The van der Waals surface area contributed by atoms with Gasteiger partial charge in [-0.15, -0.1) is 0 Å². The molecule has 18 heavy (non-hydrogen) atoms. The van der Waals surface area contributed by atoms with Gasteiger partial charge in [-0.05, 0) is 64.3 Å². The van der Waals surface area contributed by atoms with Gasteiger partial charge in [-0.2, -0.15) is 0 Å². The number of amides is 1. The number of rotatable bonds is 2. The molecule has 4 nitrogen and oxygen atoms in total. The number of carbonyl (C=O) groups is 1. The molecule has 1 heterocycles. The molecule has 2 rings (SSSR count). The van der Waals surface area contributed by atoms with Gasteiger partial charge in [0.1, 0.15) is 5.60 Å². The van der Waals surface area contributed by atoms with Gasteiger partial charge in [-0.25, -0.2) is 4.79 Å². The van der Waals surface area contributed by atoms with E-state index in [0.717, 1.165) is 19.6 Å². The minimum atomic E-state index is -0.406. The molecule has 0 radical (unpaired) electrons. The first kappa shape index (κ1) is 13.7. The lowest BCUT2D eigenvalue weighted by atomic mass is 9.84. The Balaban J connectivity index is 1.70. The van der Waals surface area contributed by atoms with E-state index in [0.29, 0.717) is 11.3 Å². The van der Waals surface area contributed by atoms with E-state index in [1.54, 1.807) is 0 Å². The second kappa shape index (κ2) is 5.08. The van der Waals surface area contributed by atoms with Gasteiger partial charge in [0.25, 0.3) is 0 Å². The lowest BCUT2D eigenvalue weighted by Gasteiger charge is -2.23. The van der Waals surface area contributed by atoms with E-state index in [4.69, 9.17) is 4.74 Å². The standard InChI is InChI=1S/C14H26N2O2/c1-13(2,3)18-12(17)16-9-11-4-5-14(8-11)6-7-15-10-14/h11,15H,4-10H2,1-3H3,(H,16,17). The molecule has 104 valence electrons. The molecule has 0 bridgehead atoms. The van der Waals surface area contributed by atoms with Crippen LogP contribution in [0.2, 0.25) is 0 Å². The molecule has 2 aliphatic rings. The summed E-state index contributed by atoms with van der Waals surface area (Å²) >= 11 is 0. The predicted molar refractivity (Wildman–Crippen MR) is 71.5 cm³/mol. The van der Waals surface area contributed by atoms with Crippen LogP contribution < -0.4 is 10.6 Å². The zero-order valence-electron chi connectivity index (χ0n) is 11.8. The van der Waals surface area contributed by atoms with Crippen molar-refractivity contribution < 1.29 is 9.53 Å². The highest BCUT2D eigenvalue weighted by Crippen LogP contribution is 2.45. The highest BCUT2D eigenvalue weighted by molar-refractivity contribution is 5.67. The van der Waals surface area contributed by atoms with E-state index >= 15 is 0 Å². The van der Waals surface area contributed by atoms with Crippen molar-refractivity contribution in [1.29, 1.82) is 0 Å². The van der Waals surface area contributed by atoms with E-state index < -0.39 is 5.60 Å². The molecular formula is C14H26N2O2. The Morgan fingerprint density at radius 2 is 2.22 bits per heavy atom. The maximum atomic E-state index is 11.6. The smallest absolute Gasteiger partial charge is 0.407 e. The molecule has 0 aromatic heterocycles. The Labute approximate surface area is 110 Å². The third-order valence-corrected chi connectivity index (χ3v) is 4.07. The monoisotopic (exact) mass is 254 g/mol. The molecule has 4 heteroatoms. The van der Waals surface area contributed by atoms with Gasteiger partial charge in [-0.1, -0.05) is 0 Å². The van der Waals surface area contributed by atoms with Gasteiger partial charge < -0.3 is 15.4 Å². The third kappa shape index (κ3) is 3.61. The normalized spacial score (nSPS) is 31.8. The maximum absolute atomic E-state index is 11.6. The predicted octanol–water partition coefficient (Wildman–Crippen LogP) is 2.29. The molecule has 0 aromatic rings. The van der Waals surface area contributed by atoms with Gasteiger partial charge >= 0.3 is 6.09 Å². The van der Waals surface area contributed by atoms with E-state index in [1.807, 2.05) is 20.8 Å². The fourth-order valence-electron chi connectivity index (χ4n) is 3.23. The Kier molecular flexibility index (Phi) is 3.85. The van der Waals surface area contributed by atoms with Crippen LogP contribution in [0.5, 0.6) is 0 Å². The van der Waals surface area contributed by atoms with Crippen molar-refractivity contribution in [1.82, 2.24) is 10.6 Å². The summed E-state index contributed by atoms with van der Waals surface area (Å²) in [7, 11) is 0. The molecule has 1 amide bonds. The average Bonchev–Trinajstić information content (AvgIpc) is 2.85. The SMILES string of the molecule is CC(C)(C)OC(=O)NCC1CCC2(CCNC2)C1. The first-order valence-corrected chi connectivity index (χ1v) is 7.06. The van der Waals surface area contributed by atoms with Crippen LogP contribution in [0.3, 0.4) is 0 Å². The average molecular weight is 254 g/mol. The van der Waals surface area contributed by atoms with E-state index in [1.165, 1.54) is 25.7 Å². The topological polar surface area (TPSA) is 50.4 Å². The Morgan fingerprint density at radius 3 is 2.83 bits per heavy atom. The number of carbonyl (C=O) groups excluding carboxylic acids is 1. The second-order valence-electron chi connectivity index (χ2n) is 6.92. The van der Waals surface area contributed by atoms with Crippen molar-refractivity contribution in [3.05, 3.63) is 0 Å².